The maximum atomic E-state index is 10.7. The van der Waals surface area contributed by atoms with Gasteiger partial charge in [0.2, 0.25) is 0 Å². The van der Waals surface area contributed by atoms with Gasteiger partial charge >= 0.3 is 5.97 Å². The average Bonchev–Trinajstić information content (AvgIpc) is 2.94. The fourth-order valence-corrected chi connectivity index (χ4v) is 2.46. The summed E-state index contributed by atoms with van der Waals surface area (Å²) in [6, 6.07) is 0. The summed E-state index contributed by atoms with van der Waals surface area (Å²) in [6.07, 6.45) is 8.76. The minimum Gasteiger partial charge on any atom is -0.476 e. The topological polar surface area (TPSA) is 92.9 Å². The Morgan fingerprint density at radius 2 is 2.30 bits per heavy atom. The molecule has 0 fully saturated rings. The van der Waals surface area contributed by atoms with Crippen molar-refractivity contribution in [1.29, 1.82) is 0 Å². The van der Waals surface area contributed by atoms with Gasteiger partial charge in [0.15, 0.2) is 5.69 Å². The second-order valence-electron chi connectivity index (χ2n) is 4.79. The number of aromatic nitrogens is 4. The summed E-state index contributed by atoms with van der Waals surface area (Å²) in [6.45, 7) is 1.75. The quantitative estimate of drug-likeness (QED) is 0.873. The molecular weight excluding hydrogens is 258 g/mol. The van der Waals surface area contributed by atoms with Gasteiger partial charge in [-0.15, -0.1) is 0 Å². The average molecular weight is 273 g/mol. The molecule has 1 aliphatic rings. The molecule has 0 aliphatic carbocycles. The molecule has 2 N–H and O–H groups in total. The molecule has 3 rings (SSSR count). The third-order valence-corrected chi connectivity index (χ3v) is 3.46. The van der Waals surface area contributed by atoms with E-state index in [0.29, 0.717) is 11.7 Å². The van der Waals surface area contributed by atoms with Gasteiger partial charge in [-0.3, -0.25) is 0 Å². The first kappa shape index (κ1) is 12.6. The molecule has 1 aliphatic heterocycles. The van der Waals surface area contributed by atoms with Crippen molar-refractivity contribution >= 4 is 11.8 Å². The van der Waals surface area contributed by atoms with E-state index in [9.17, 15) is 4.79 Å². The number of fused-ring (bicyclic) bond motifs is 1. The molecule has 2 aromatic heterocycles. The Labute approximate surface area is 115 Å². The van der Waals surface area contributed by atoms with Crippen LogP contribution in [0.3, 0.4) is 0 Å². The lowest BCUT2D eigenvalue weighted by Gasteiger charge is -2.23. The van der Waals surface area contributed by atoms with Gasteiger partial charge in [0, 0.05) is 31.4 Å². The van der Waals surface area contributed by atoms with E-state index in [1.807, 2.05) is 12.4 Å². The van der Waals surface area contributed by atoms with Crippen molar-refractivity contribution in [2.45, 2.75) is 25.3 Å². The Kier molecular flexibility index (Phi) is 3.32. The van der Waals surface area contributed by atoms with Gasteiger partial charge in [0.05, 0.1) is 12.4 Å². The highest BCUT2D eigenvalue weighted by atomic mass is 16.4. The van der Waals surface area contributed by atoms with Gasteiger partial charge in [-0.25, -0.2) is 19.7 Å². The standard InChI is InChI=1S/C13H15N5O2/c19-13(20)10-7-17-11(8-15-10)16-6-9-2-1-4-18-5-3-14-12(9)18/h3,5,7-9H,1-2,4,6H2,(H,16,17)(H,19,20). The monoisotopic (exact) mass is 273 g/mol. The lowest BCUT2D eigenvalue weighted by molar-refractivity contribution is 0.0690. The van der Waals surface area contributed by atoms with Crippen molar-refractivity contribution in [3.63, 3.8) is 0 Å². The largest absolute Gasteiger partial charge is 0.476 e. The van der Waals surface area contributed by atoms with Crippen molar-refractivity contribution in [3.05, 3.63) is 36.3 Å². The van der Waals surface area contributed by atoms with Crippen LogP contribution < -0.4 is 5.32 Å². The SMILES string of the molecule is O=C(O)c1cnc(NCC2CCCn3ccnc32)cn1. The molecule has 104 valence electrons. The van der Waals surface area contributed by atoms with Crippen molar-refractivity contribution in [3.8, 4) is 0 Å². The number of hydrogen-bond acceptors (Lipinski definition) is 5. The number of anilines is 1. The second-order valence-corrected chi connectivity index (χ2v) is 4.79. The van der Waals surface area contributed by atoms with Crippen LogP contribution in [0.5, 0.6) is 0 Å². The van der Waals surface area contributed by atoms with E-state index in [0.717, 1.165) is 31.8 Å². The molecule has 0 saturated carbocycles. The van der Waals surface area contributed by atoms with Crippen molar-refractivity contribution in [2.24, 2.45) is 0 Å². The third kappa shape index (κ3) is 2.47. The summed E-state index contributed by atoms with van der Waals surface area (Å²) >= 11 is 0. The zero-order valence-electron chi connectivity index (χ0n) is 10.9. The van der Waals surface area contributed by atoms with E-state index in [-0.39, 0.29) is 5.69 Å². The summed E-state index contributed by atoms with van der Waals surface area (Å²) in [7, 11) is 0. The lowest BCUT2D eigenvalue weighted by atomic mass is 9.99. The molecule has 1 unspecified atom stereocenters. The number of carboxylic acid groups (broad SMARTS) is 1. The molecule has 7 nitrogen and oxygen atoms in total. The lowest BCUT2D eigenvalue weighted by Crippen LogP contribution is -2.22. The number of nitrogens with zero attached hydrogens (tertiary/aromatic N) is 4. The van der Waals surface area contributed by atoms with Gasteiger partial charge < -0.3 is 15.0 Å². The second kappa shape index (κ2) is 5.28. The Hall–Kier alpha value is -2.44. The number of nitrogens with one attached hydrogen (secondary N) is 1. The maximum absolute atomic E-state index is 10.7. The zero-order valence-corrected chi connectivity index (χ0v) is 10.9. The Bertz CT molecular complexity index is 607. The molecule has 0 bridgehead atoms. The molecule has 0 spiro atoms. The molecule has 0 amide bonds. The van der Waals surface area contributed by atoms with Gasteiger partial charge in [-0.1, -0.05) is 0 Å². The molecule has 0 aromatic carbocycles. The third-order valence-electron chi connectivity index (χ3n) is 3.46. The number of hydrogen-bond donors (Lipinski definition) is 2. The Morgan fingerprint density at radius 3 is 3.05 bits per heavy atom. The number of carboxylic acids is 1. The summed E-state index contributed by atoms with van der Waals surface area (Å²) in [5.74, 6) is 0.954. The Morgan fingerprint density at radius 1 is 1.40 bits per heavy atom. The van der Waals surface area contributed by atoms with Crippen molar-refractivity contribution in [1.82, 2.24) is 19.5 Å². The number of carbonyl (C=O) groups is 1. The fraction of sp³-hybridized carbons (Fsp3) is 0.385. The van der Waals surface area contributed by atoms with Crippen LogP contribution in [0.1, 0.15) is 35.1 Å². The Balaban J connectivity index is 1.64. The highest BCUT2D eigenvalue weighted by molar-refractivity contribution is 5.84. The number of aryl methyl sites for hydroxylation is 1. The first-order valence-electron chi connectivity index (χ1n) is 6.54. The zero-order chi connectivity index (χ0) is 13.9. The van der Waals surface area contributed by atoms with Crippen LogP contribution in [0, 0.1) is 0 Å². The smallest absolute Gasteiger partial charge is 0.356 e. The van der Waals surface area contributed by atoms with Crippen LogP contribution in [0.15, 0.2) is 24.8 Å². The first-order valence-corrected chi connectivity index (χ1v) is 6.54. The van der Waals surface area contributed by atoms with Crippen LogP contribution in [0.2, 0.25) is 0 Å². The highest BCUT2D eigenvalue weighted by Crippen LogP contribution is 2.25. The van der Waals surface area contributed by atoms with Gasteiger partial charge in [-0.2, -0.15) is 0 Å². The predicted molar refractivity (Wildman–Crippen MR) is 71.7 cm³/mol. The van der Waals surface area contributed by atoms with Crippen molar-refractivity contribution < 1.29 is 9.90 Å². The predicted octanol–water partition coefficient (Wildman–Crippen LogP) is 1.36. The molecular formula is C13H15N5O2. The number of rotatable bonds is 4. The molecule has 20 heavy (non-hydrogen) atoms. The number of aromatic carboxylic acids is 1. The van der Waals surface area contributed by atoms with Crippen LogP contribution in [0.25, 0.3) is 0 Å². The van der Waals surface area contributed by atoms with Gasteiger partial charge in [-0.05, 0) is 12.8 Å². The molecule has 7 heteroatoms. The van der Waals surface area contributed by atoms with Crippen LogP contribution in [-0.4, -0.2) is 37.1 Å². The van der Waals surface area contributed by atoms with Crippen LogP contribution in [-0.2, 0) is 6.54 Å². The highest BCUT2D eigenvalue weighted by Gasteiger charge is 2.21. The van der Waals surface area contributed by atoms with Crippen molar-refractivity contribution in [2.75, 3.05) is 11.9 Å². The summed E-state index contributed by atoms with van der Waals surface area (Å²) in [4.78, 5) is 23.0. The molecule has 0 radical (unpaired) electrons. The van der Waals surface area contributed by atoms with E-state index in [1.165, 1.54) is 12.4 Å². The molecule has 1 atom stereocenters. The summed E-state index contributed by atoms with van der Waals surface area (Å²) < 4.78 is 2.18. The molecule has 2 aromatic rings. The van der Waals surface area contributed by atoms with E-state index in [2.05, 4.69) is 24.8 Å². The summed E-state index contributed by atoms with van der Waals surface area (Å²) in [5.41, 5.74) is -0.0521. The first-order chi connectivity index (χ1) is 9.74. The van der Waals surface area contributed by atoms with Crippen LogP contribution in [0.4, 0.5) is 5.82 Å². The minimum absolute atomic E-state index is 0.0521. The van der Waals surface area contributed by atoms with E-state index in [1.54, 1.807) is 0 Å². The maximum Gasteiger partial charge on any atom is 0.356 e. The van der Waals surface area contributed by atoms with E-state index >= 15 is 0 Å². The van der Waals surface area contributed by atoms with E-state index in [4.69, 9.17) is 5.11 Å². The van der Waals surface area contributed by atoms with E-state index < -0.39 is 5.97 Å². The fourth-order valence-electron chi connectivity index (χ4n) is 2.46. The van der Waals surface area contributed by atoms with Gasteiger partial charge in [0.25, 0.3) is 0 Å². The number of imidazole rings is 1. The normalized spacial score (nSPS) is 17.5. The summed E-state index contributed by atoms with van der Waals surface area (Å²) in [5, 5.41) is 12.0. The van der Waals surface area contributed by atoms with Crippen LogP contribution >= 0.6 is 0 Å². The van der Waals surface area contributed by atoms with Gasteiger partial charge in [0.1, 0.15) is 11.6 Å². The molecule has 3 heterocycles. The minimum atomic E-state index is -1.07. The molecule has 0 saturated heterocycles.